The predicted octanol–water partition coefficient (Wildman–Crippen LogP) is 4.01. The Labute approximate surface area is 222 Å². The molecule has 2 unspecified atom stereocenters. The number of amides is 2. The zero-order valence-electron chi connectivity index (χ0n) is 21.6. The van der Waals surface area contributed by atoms with Crippen LogP contribution in [-0.4, -0.2) is 60.3 Å². The lowest BCUT2D eigenvalue weighted by atomic mass is 9.98. The van der Waals surface area contributed by atoms with Gasteiger partial charge >= 0.3 is 12.1 Å². The average molecular weight is 516 g/mol. The van der Waals surface area contributed by atoms with Crippen LogP contribution in [0.2, 0.25) is 0 Å². The van der Waals surface area contributed by atoms with Crippen LogP contribution in [0.4, 0.5) is 4.79 Å². The summed E-state index contributed by atoms with van der Waals surface area (Å²) in [5, 5.41) is 14.6. The molecule has 1 aliphatic carbocycles. The molecule has 4 rings (SSSR count). The Bertz CT molecular complexity index is 1230. The molecule has 0 bridgehead atoms. The SMILES string of the molecule is CC(CN(C)Cc1ccccc1)NC(=O)C(CC(=O)O)NC(=O)OCC1c2ccccc2-c2ccccc21. The van der Waals surface area contributed by atoms with Crippen molar-refractivity contribution in [2.24, 2.45) is 0 Å². The minimum atomic E-state index is -1.26. The normalized spacial score (nSPS) is 13.8. The van der Waals surface area contributed by atoms with Gasteiger partial charge in [0.25, 0.3) is 0 Å². The molecule has 0 radical (unpaired) electrons. The number of nitrogens with zero attached hydrogens (tertiary/aromatic N) is 1. The van der Waals surface area contributed by atoms with Crippen LogP contribution in [0.1, 0.15) is 36.0 Å². The van der Waals surface area contributed by atoms with Gasteiger partial charge in [-0.15, -0.1) is 0 Å². The molecular formula is C30H33N3O5. The first kappa shape index (κ1) is 26.9. The lowest BCUT2D eigenvalue weighted by molar-refractivity contribution is -0.140. The number of carbonyl (C=O) groups is 3. The number of fused-ring (bicyclic) bond motifs is 3. The second kappa shape index (κ2) is 12.4. The Morgan fingerprint density at radius 2 is 1.47 bits per heavy atom. The minimum Gasteiger partial charge on any atom is -0.481 e. The van der Waals surface area contributed by atoms with Crippen LogP contribution in [0.25, 0.3) is 11.1 Å². The van der Waals surface area contributed by atoms with Crippen molar-refractivity contribution in [3.63, 3.8) is 0 Å². The van der Waals surface area contributed by atoms with E-state index in [0.717, 1.165) is 27.8 Å². The van der Waals surface area contributed by atoms with Gasteiger partial charge in [0.05, 0.1) is 6.42 Å². The van der Waals surface area contributed by atoms with Crippen LogP contribution in [-0.2, 0) is 20.9 Å². The van der Waals surface area contributed by atoms with E-state index in [1.165, 1.54) is 0 Å². The van der Waals surface area contributed by atoms with Crippen molar-refractivity contribution in [2.75, 3.05) is 20.2 Å². The number of aliphatic carboxylic acids is 1. The van der Waals surface area contributed by atoms with Gasteiger partial charge in [0, 0.05) is 25.0 Å². The lowest BCUT2D eigenvalue weighted by Gasteiger charge is -2.24. The summed E-state index contributed by atoms with van der Waals surface area (Å²) in [4.78, 5) is 39.0. The molecule has 0 aromatic heterocycles. The van der Waals surface area contributed by atoms with E-state index in [2.05, 4.69) is 15.5 Å². The van der Waals surface area contributed by atoms with Crippen molar-refractivity contribution < 1.29 is 24.2 Å². The molecule has 3 aromatic carbocycles. The number of carbonyl (C=O) groups excluding carboxylic acids is 2. The van der Waals surface area contributed by atoms with Crippen molar-refractivity contribution in [3.8, 4) is 11.1 Å². The van der Waals surface area contributed by atoms with E-state index in [9.17, 15) is 19.5 Å². The predicted molar refractivity (Wildman–Crippen MR) is 145 cm³/mol. The Morgan fingerprint density at radius 3 is 2.08 bits per heavy atom. The third-order valence-electron chi connectivity index (χ3n) is 6.60. The first-order valence-corrected chi connectivity index (χ1v) is 12.7. The highest BCUT2D eigenvalue weighted by Crippen LogP contribution is 2.44. The maximum Gasteiger partial charge on any atom is 0.407 e. The fourth-order valence-corrected chi connectivity index (χ4v) is 4.98. The molecule has 198 valence electrons. The average Bonchev–Trinajstić information content (AvgIpc) is 3.21. The van der Waals surface area contributed by atoms with E-state index in [4.69, 9.17) is 4.74 Å². The van der Waals surface area contributed by atoms with Crippen LogP contribution < -0.4 is 10.6 Å². The monoisotopic (exact) mass is 515 g/mol. The van der Waals surface area contributed by atoms with Gasteiger partial charge in [-0.05, 0) is 41.8 Å². The van der Waals surface area contributed by atoms with Crippen LogP contribution in [0.15, 0.2) is 78.9 Å². The van der Waals surface area contributed by atoms with Crippen LogP contribution >= 0.6 is 0 Å². The molecule has 2 amide bonds. The summed E-state index contributed by atoms with van der Waals surface area (Å²) in [5.74, 6) is -1.90. The fraction of sp³-hybridized carbons (Fsp3) is 0.300. The maximum absolute atomic E-state index is 12.9. The van der Waals surface area contributed by atoms with Crippen LogP contribution in [0.3, 0.4) is 0 Å². The molecule has 8 nitrogen and oxygen atoms in total. The number of benzene rings is 3. The third-order valence-corrected chi connectivity index (χ3v) is 6.60. The summed E-state index contributed by atoms with van der Waals surface area (Å²) in [6.07, 6.45) is -1.38. The van der Waals surface area contributed by atoms with E-state index in [1.54, 1.807) is 0 Å². The van der Waals surface area contributed by atoms with E-state index in [0.29, 0.717) is 13.1 Å². The summed E-state index contributed by atoms with van der Waals surface area (Å²) in [7, 11) is 1.94. The second-order valence-corrected chi connectivity index (χ2v) is 9.71. The van der Waals surface area contributed by atoms with Gasteiger partial charge in [0.2, 0.25) is 5.91 Å². The number of alkyl carbamates (subject to hydrolysis) is 1. The molecule has 0 heterocycles. The Balaban J connectivity index is 1.33. The van der Waals surface area contributed by atoms with Gasteiger partial charge in [-0.25, -0.2) is 4.79 Å². The maximum atomic E-state index is 12.9. The number of rotatable bonds is 11. The number of carboxylic acid groups (broad SMARTS) is 1. The third kappa shape index (κ3) is 6.77. The molecule has 2 atom stereocenters. The molecular weight excluding hydrogens is 482 g/mol. The highest BCUT2D eigenvalue weighted by atomic mass is 16.5. The molecule has 3 N–H and O–H groups in total. The zero-order chi connectivity index (χ0) is 27.1. The van der Waals surface area contributed by atoms with Crippen molar-refractivity contribution in [1.82, 2.24) is 15.5 Å². The number of ether oxygens (including phenoxy) is 1. The number of hydrogen-bond donors (Lipinski definition) is 3. The summed E-state index contributed by atoms with van der Waals surface area (Å²) in [6.45, 7) is 3.16. The van der Waals surface area contributed by atoms with Crippen molar-refractivity contribution in [2.45, 2.75) is 37.9 Å². The lowest BCUT2D eigenvalue weighted by Crippen LogP contribution is -2.52. The van der Waals surface area contributed by atoms with Crippen LogP contribution in [0, 0.1) is 0 Å². The quantitative estimate of drug-likeness (QED) is 0.356. The molecule has 0 aliphatic heterocycles. The van der Waals surface area contributed by atoms with Gasteiger partial charge in [0.15, 0.2) is 0 Å². The smallest absolute Gasteiger partial charge is 0.407 e. The highest BCUT2D eigenvalue weighted by molar-refractivity contribution is 5.89. The van der Waals surface area contributed by atoms with Crippen LogP contribution in [0.5, 0.6) is 0 Å². The summed E-state index contributed by atoms with van der Waals surface area (Å²) >= 11 is 0. The molecule has 0 fully saturated rings. The Hall–Kier alpha value is -4.17. The Kier molecular flexibility index (Phi) is 8.76. The first-order chi connectivity index (χ1) is 18.3. The largest absolute Gasteiger partial charge is 0.481 e. The summed E-state index contributed by atoms with van der Waals surface area (Å²) < 4.78 is 5.51. The number of hydrogen-bond acceptors (Lipinski definition) is 5. The summed E-state index contributed by atoms with van der Waals surface area (Å²) in [6, 6.07) is 24.4. The molecule has 38 heavy (non-hydrogen) atoms. The van der Waals surface area contributed by atoms with Crippen molar-refractivity contribution in [3.05, 3.63) is 95.6 Å². The molecule has 3 aromatic rings. The van der Waals surface area contributed by atoms with Gasteiger partial charge in [0.1, 0.15) is 12.6 Å². The minimum absolute atomic E-state index is 0.0714. The fourth-order valence-electron chi connectivity index (χ4n) is 4.98. The van der Waals surface area contributed by atoms with E-state index in [-0.39, 0.29) is 18.6 Å². The molecule has 0 spiro atoms. The van der Waals surface area contributed by atoms with Gasteiger partial charge in [-0.1, -0.05) is 78.9 Å². The van der Waals surface area contributed by atoms with Crippen molar-refractivity contribution in [1.29, 1.82) is 0 Å². The van der Waals surface area contributed by atoms with Gasteiger partial charge in [-0.2, -0.15) is 0 Å². The molecule has 0 saturated carbocycles. The second-order valence-electron chi connectivity index (χ2n) is 9.71. The van der Waals surface area contributed by atoms with E-state index >= 15 is 0 Å². The Morgan fingerprint density at radius 1 is 0.895 bits per heavy atom. The zero-order valence-corrected chi connectivity index (χ0v) is 21.6. The molecule has 1 aliphatic rings. The number of nitrogens with one attached hydrogen (secondary N) is 2. The number of carboxylic acids is 1. The highest BCUT2D eigenvalue weighted by Gasteiger charge is 2.30. The molecule has 8 heteroatoms. The standard InChI is InChI=1S/C30H33N3O5/c1-20(17-33(2)18-21-10-4-3-5-11-21)31-29(36)27(16-28(34)35)32-30(37)38-19-26-24-14-8-6-12-22(24)23-13-7-9-15-25(23)26/h3-15,20,26-27H,16-19H2,1-2H3,(H,31,36)(H,32,37)(H,34,35). The first-order valence-electron chi connectivity index (χ1n) is 12.7. The number of likely N-dealkylation sites (N-methyl/N-ethyl adjacent to an activating group) is 1. The van der Waals surface area contributed by atoms with E-state index in [1.807, 2.05) is 92.8 Å². The van der Waals surface area contributed by atoms with E-state index < -0.39 is 30.4 Å². The topological polar surface area (TPSA) is 108 Å². The van der Waals surface area contributed by atoms with Gasteiger partial charge in [-0.3, -0.25) is 9.59 Å². The summed E-state index contributed by atoms with van der Waals surface area (Å²) in [5.41, 5.74) is 5.48. The van der Waals surface area contributed by atoms with Gasteiger partial charge < -0.3 is 25.4 Å². The molecule has 0 saturated heterocycles. The van der Waals surface area contributed by atoms with Crippen molar-refractivity contribution >= 4 is 18.0 Å².